The number of carboxylic acid groups (broad SMARTS) is 1. The first kappa shape index (κ1) is 29.7. The maximum absolute atomic E-state index is 12.5. The predicted octanol–water partition coefficient (Wildman–Crippen LogP) is 4.08. The Hall–Kier alpha value is -3.89. The second-order valence-corrected chi connectivity index (χ2v) is 11.8. The van der Waals surface area contributed by atoms with E-state index in [1.54, 1.807) is 36.4 Å². The van der Waals surface area contributed by atoms with Gasteiger partial charge in [0, 0.05) is 17.8 Å². The molecule has 0 saturated carbocycles. The summed E-state index contributed by atoms with van der Waals surface area (Å²) in [7, 11) is -3.68. The third-order valence-corrected chi connectivity index (χ3v) is 6.76. The van der Waals surface area contributed by atoms with E-state index in [9.17, 15) is 28.2 Å². The molecule has 0 aliphatic heterocycles. The highest BCUT2D eigenvalue weighted by atomic mass is 32.2. The van der Waals surface area contributed by atoms with Crippen LogP contribution in [0.4, 0.5) is 10.5 Å². The van der Waals surface area contributed by atoms with Crippen LogP contribution in [0.1, 0.15) is 47.0 Å². The number of nitrogen functional groups attached to an aromatic ring is 1. The lowest BCUT2D eigenvalue weighted by Gasteiger charge is -2.23. The maximum Gasteiger partial charge on any atom is 0.407 e. The van der Waals surface area contributed by atoms with Crippen LogP contribution >= 0.6 is 0 Å². The van der Waals surface area contributed by atoms with Crippen LogP contribution in [0.2, 0.25) is 0 Å². The number of nitrogens with two attached hydrogens (primary N) is 1. The molecular formula is C29H35N3O6S. The molecule has 0 bridgehead atoms. The fraction of sp³-hybridized carbons (Fsp3) is 0.310. The van der Waals surface area contributed by atoms with Crippen LogP contribution in [-0.4, -0.2) is 54.9 Å². The molecule has 3 rings (SSSR count). The molecule has 0 aliphatic rings. The number of nitrogens with zero attached hydrogens (tertiary/aromatic N) is 1. The lowest BCUT2D eigenvalue weighted by molar-refractivity contribution is 0.0971. The van der Waals surface area contributed by atoms with E-state index in [2.05, 4.69) is 0 Å². The molecule has 1 atom stereocenters. The number of benzene rings is 3. The monoisotopic (exact) mass is 553 g/mol. The summed E-state index contributed by atoms with van der Waals surface area (Å²) >= 11 is 0. The lowest BCUT2D eigenvalue weighted by atomic mass is 9.93. The van der Waals surface area contributed by atoms with Crippen molar-refractivity contribution in [1.29, 1.82) is 0 Å². The third-order valence-electron chi connectivity index (χ3n) is 6.20. The first-order valence-corrected chi connectivity index (χ1v) is 14.5. The second kappa shape index (κ2) is 12.8. The minimum absolute atomic E-state index is 0.0603. The number of aliphatic hydroxyl groups is 1. The SMILES string of the molecule is CC(C)Cc1cc(-c2ccc(CCN(C[C@H](O)c3ccc(N)cc3)C(=O)O)cc2)ccc1C(=O)NS(C)(=O)=O. The van der Waals surface area contributed by atoms with Crippen LogP contribution in [0.25, 0.3) is 11.1 Å². The predicted molar refractivity (Wildman–Crippen MR) is 152 cm³/mol. The number of rotatable bonds is 11. The molecule has 208 valence electrons. The molecule has 0 aliphatic carbocycles. The molecule has 0 spiro atoms. The van der Waals surface area contributed by atoms with Crippen molar-refractivity contribution >= 4 is 27.7 Å². The molecule has 0 radical (unpaired) electrons. The van der Waals surface area contributed by atoms with Crippen LogP contribution in [0.15, 0.2) is 66.7 Å². The van der Waals surface area contributed by atoms with Gasteiger partial charge in [0.2, 0.25) is 10.0 Å². The fourth-order valence-electron chi connectivity index (χ4n) is 4.25. The van der Waals surface area contributed by atoms with Crippen molar-refractivity contribution in [2.24, 2.45) is 5.92 Å². The van der Waals surface area contributed by atoms with Gasteiger partial charge in [0.05, 0.1) is 18.9 Å². The van der Waals surface area contributed by atoms with Gasteiger partial charge in [-0.2, -0.15) is 0 Å². The minimum Gasteiger partial charge on any atom is -0.465 e. The van der Waals surface area contributed by atoms with Crippen molar-refractivity contribution in [1.82, 2.24) is 9.62 Å². The lowest BCUT2D eigenvalue weighted by Crippen LogP contribution is -2.35. The summed E-state index contributed by atoms with van der Waals surface area (Å²) in [5.41, 5.74) is 10.6. The number of nitrogens with one attached hydrogen (secondary N) is 1. The van der Waals surface area contributed by atoms with Gasteiger partial charge in [-0.05, 0) is 64.8 Å². The van der Waals surface area contributed by atoms with Crippen LogP contribution in [0, 0.1) is 5.92 Å². The molecule has 3 aromatic carbocycles. The van der Waals surface area contributed by atoms with Crippen molar-refractivity contribution in [2.45, 2.75) is 32.8 Å². The third kappa shape index (κ3) is 8.83. The van der Waals surface area contributed by atoms with E-state index in [0.29, 0.717) is 29.7 Å². The van der Waals surface area contributed by atoms with E-state index < -0.39 is 28.1 Å². The van der Waals surface area contributed by atoms with Crippen molar-refractivity contribution in [3.05, 3.63) is 89.0 Å². The van der Waals surface area contributed by atoms with Gasteiger partial charge in [0.15, 0.2) is 0 Å². The summed E-state index contributed by atoms with van der Waals surface area (Å²) in [5.74, 6) is -0.400. The Labute approximate surface area is 229 Å². The van der Waals surface area contributed by atoms with Crippen molar-refractivity contribution in [3.63, 3.8) is 0 Å². The van der Waals surface area contributed by atoms with Gasteiger partial charge in [-0.25, -0.2) is 17.9 Å². The van der Waals surface area contributed by atoms with Gasteiger partial charge >= 0.3 is 6.09 Å². The van der Waals surface area contributed by atoms with Crippen LogP contribution in [-0.2, 0) is 22.9 Å². The average molecular weight is 554 g/mol. The molecule has 5 N–H and O–H groups in total. The van der Waals surface area contributed by atoms with Crippen molar-refractivity contribution in [2.75, 3.05) is 25.1 Å². The topological polar surface area (TPSA) is 150 Å². The Morgan fingerprint density at radius 3 is 2.15 bits per heavy atom. The van der Waals surface area contributed by atoms with Crippen LogP contribution in [0.5, 0.6) is 0 Å². The molecule has 0 saturated heterocycles. The molecule has 0 aromatic heterocycles. The van der Waals surface area contributed by atoms with Crippen molar-refractivity contribution < 1.29 is 28.2 Å². The summed E-state index contributed by atoms with van der Waals surface area (Å²) in [4.78, 5) is 25.5. The number of anilines is 1. The number of hydrogen-bond donors (Lipinski definition) is 4. The van der Waals surface area contributed by atoms with Crippen molar-refractivity contribution in [3.8, 4) is 11.1 Å². The maximum atomic E-state index is 12.5. The average Bonchev–Trinajstić information content (AvgIpc) is 2.85. The highest BCUT2D eigenvalue weighted by Crippen LogP contribution is 2.25. The largest absolute Gasteiger partial charge is 0.465 e. The van der Waals surface area contributed by atoms with Gasteiger partial charge in [0.1, 0.15) is 0 Å². The fourth-order valence-corrected chi connectivity index (χ4v) is 4.70. The standard InChI is InChI=1S/C29H35N3O6S/c1-19(2)16-24-17-23(10-13-26(24)28(34)31-39(3,37)38)21-6-4-20(5-7-21)14-15-32(29(35)36)18-27(33)22-8-11-25(30)12-9-22/h4-13,17,19,27,33H,14-16,18,30H2,1-3H3,(H,31,34)(H,35,36)/t27-/m0/s1. The minimum atomic E-state index is -3.68. The van der Waals surface area contributed by atoms with E-state index in [0.717, 1.165) is 28.5 Å². The number of aliphatic hydroxyl groups excluding tert-OH is 1. The molecule has 9 nitrogen and oxygen atoms in total. The Morgan fingerprint density at radius 1 is 0.974 bits per heavy atom. The Morgan fingerprint density at radius 2 is 1.59 bits per heavy atom. The summed E-state index contributed by atoms with van der Waals surface area (Å²) in [5, 5.41) is 20.1. The zero-order valence-electron chi connectivity index (χ0n) is 22.3. The quantitative estimate of drug-likeness (QED) is 0.261. The van der Waals surface area contributed by atoms with Gasteiger partial charge in [0.25, 0.3) is 5.91 Å². The number of hydrogen-bond acceptors (Lipinski definition) is 6. The molecule has 0 heterocycles. The summed E-state index contributed by atoms with van der Waals surface area (Å²) in [6.07, 6.45) is -0.0679. The summed E-state index contributed by atoms with van der Waals surface area (Å²) in [6, 6.07) is 19.7. The summed E-state index contributed by atoms with van der Waals surface area (Å²) in [6.45, 7) is 4.20. The summed E-state index contributed by atoms with van der Waals surface area (Å²) < 4.78 is 25.1. The van der Waals surface area contributed by atoms with E-state index in [1.165, 1.54) is 4.90 Å². The van der Waals surface area contributed by atoms with Gasteiger partial charge in [-0.3, -0.25) is 4.79 Å². The molecular weight excluding hydrogens is 518 g/mol. The second-order valence-electron chi connectivity index (χ2n) is 10.0. The molecule has 2 amide bonds. The van der Waals surface area contributed by atoms with Gasteiger partial charge < -0.3 is 20.8 Å². The molecule has 10 heteroatoms. The van der Waals surface area contributed by atoms with E-state index in [-0.39, 0.29) is 19.0 Å². The number of carbonyl (C=O) groups excluding carboxylic acids is 1. The smallest absolute Gasteiger partial charge is 0.407 e. The van der Waals surface area contributed by atoms with E-state index in [1.807, 2.05) is 48.9 Å². The van der Waals surface area contributed by atoms with E-state index >= 15 is 0 Å². The first-order chi connectivity index (χ1) is 18.3. The van der Waals surface area contributed by atoms with E-state index in [4.69, 9.17) is 5.73 Å². The number of amides is 2. The van der Waals surface area contributed by atoms with Crippen LogP contribution in [0.3, 0.4) is 0 Å². The first-order valence-electron chi connectivity index (χ1n) is 12.6. The van der Waals surface area contributed by atoms with Crippen LogP contribution < -0.4 is 10.5 Å². The Balaban J connectivity index is 1.71. The zero-order valence-corrected chi connectivity index (χ0v) is 23.1. The zero-order chi connectivity index (χ0) is 28.7. The molecule has 3 aromatic rings. The Kier molecular flexibility index (Phi) is 9.71. The normalized spacial score (nSPS) is 12.2. The highest BCUT2D eigenvalue weighted by Gasteiger charge is 2.19. The van der Waals surface area contributed by atoms with Gasteiger partial charge in [-0.15, -0.1) is 0 Å². The van der Waals surface area contributed by atoms with Gasteiger partial charge in [-0.1, -0.05) is 62.4 Å². The highest BCUT2D eigenvalue weighted by molar-refractivity contribution is 7.89. The molecule has 39 heavy (non-hydrogen) atoms. The molecule has 0 unspecified atom stereocenters. The number of carbonyl (C=O) groups is 2. The number of sulfonamides is 1. The Bertz CT molecular complexity index is 1400. The molecule has 0 fully saturated rings.